The van der Waals surface area contributed by atoms with Crippen LogP contribution in [0.25, 0.3) is 0 Å². The van der Waals surface area contributed by atoms with Crippen molar-refractivity contribution in [1.82, 2.24) is 15.2 Å². The summed E-state index contributed by atoms with van der Waals surface area (Å²) in [7, 11) is 0. The molecule has 1 N–H and O–H groups in total. The van der Waals surface area contributed by atoms with Gasteiger partial charge in [-0.15, -0.1) is 0 Å². The van der Waals surface area contributed by atoms with Gasteiger partial charge in [0.2, 0.25) is 0 Å². The molecule has 2 heterocycles. The first-order valence-corrected chi connectivity index (χ1v) is 7.87. The summed E-state index contributed by atoms with van der Waals surface area (Å²) in [5.74, 6) is 0.804. The van der Waals surface area contributed by atoms with Gasteiger partial charge in [-0.1, -0.05) is 11.6 Å². The zero-order valence-electron chi connectivity index (χ0n) is 12.8. The van der Waals surface area contributed by atoms with Crippen LogP contribution in [-0.2, 0) is 6.54 Å². The van der Waals surface area contributed by atoms with Crippen LogP contribution >= 0.6 is 11.6 Å². The maximum atomic E-state index is 6.17. The highest BCUT2D eigenvalue weighted by Gasteiger charge is 2.21. The van der Waals surface area contributed by atoms with Crippen LogP contribution in [0.5, 0.6) is 0 Å². The number of hydrogen-bond donors (Lipinski definition) is 1. The van der Waals surface area contributed by atoms with Crippen LogP contribution in [0.1, 0.15) is 39.2 Å². The first kappa shape index (κ1) is 15.7. The molecule has 0 saturated carbocycles. The normalized spacial score (nSPS) is 18.4. The molecule has 1 aromatic heterocycles. The van der Waals surface area contributed by atoms with Crippen LogP contribution < -0.4 is 5.32 Å². The summed E-state index contributed by atoms with van der Waals surface area (Å²) in [5, 5.41) is 4.40. The van der Waals surface area contributed by atoms with Crippen LogP contribution in [0, 0.1) is 5.92 Å². The number of nitrogens with zero attached hydrogens (tertiary/aromatic N) is 2. The van der Waals surface area contributed by atoms with Gasteiger partial charge in [-0.2, -0.15) is 0 Å². The second-order valence-corrected chi connectivity index (χ2v) is 7.22. The summed E-state index contributed by atoms with van der Waals surface area (Å²) >= 11 is 6.17. The lowest BCUT2D eigenvalue weighted by Gasteiger charge is -2.33. The lowest BCUT2D eigenvalue weighted by Crippen LogP contribution is -2.42. The fraction of sp³-hybridized carbons (Fsp3) is 0.688. The monoisotopic (exact) mass is 295 g/mol. The van der Waals surface area contributed by atoms with E-state index in [4.69, 9.17) is 11.6 Å². The molecule has 0 amide bonds. The third-order valence-electron chi connectivity index (χ3n) is 3.88. The van der Waals surface area contributed by atoms with E-state index < -0.39 is 0 Å². The second kappa shape index (κ2) is 6.88. The third-order valence-corrected chi connectivity index (χ3v) is 4.22. The number of rotatable bonds is 4. The Morgan fingerprint density at radius 3 is 2.65 bits per heavy atom. The lowest BCUT2D eigenvalue weighted by molar-refractivity contribution is 0.170. The van der Waals surface area contributed by atoms with Crippen molar-refractivity contribution in [2.75, 3.05) is 19.6 Å². The highest BCUT2D eigenvalue weighted by atomic mass is 35.5. The second-order valence-electron chi connectivity index (χ2n) is 6.82. The summed E-state index contributed by atoms with van der Waals surface area (Å²) in [6.07, 6.45) is 6.09. The Morgan fingerprint density at radius 2 is 2.05 bits per heavy atom. The smallest absolute Gasteiger partial charge is 0.0634 e. The summed E-state index contributed by atoms with van der Waals surface area (Å²) in [5.41, 5.74) is 1.41. The molecule has 1 aromatic rings. The van der Waals surface area contributed by atoms with Crippen molar-refractivity contribution < 1.29 is 0 Å². The number of hydrogen-bond acceptors (Lipinski definition) is 3. The van der Waals surface area contributed by atoms with Gasteiger partial charge in [0, 0.05) is 24.5 Å². The van der Waals surface area contributed by atoms with Gasteiger partial charge in [0.15, 0.2) is 0 Å². The molecule has 1 aliphatic rings. The Hall–Kier alpha value is -0.640. The number of nitrogens with one attached hydrogen (secondary N) is 1. The molecule has 20 heavy (non-hydrogen) atoms. The molecule has 0 aromatic carbocycles. The van der Waals surface area contributed by atoms with Gasteiger partial charge in [0.05, 0.1) is 5.02 Å². The molecular weight excluding hydrogens is 270 g/mol. The molecule has 112 valence electrons. The number of pyridine rings is 1. The largest absolute Gasteiger partial charge is 0.312 e. The molecule has 1 fully saturated rings. The zero-order chi connectivity index (χ0) is 14.6. The maximum Gasteiger partial charge on any atom is 0.0634 e. The Morgan fingerprint density at radius 1 is 1.35 bits per heavy atom. The Bertz CT molecular complexity index is 420. The molecule has 0 aliphatic carbocycles. The van der Waals surface area contributed by atoms with Gasteiger partial charge >= 0.3 is 0 Å². The minimum atomic E-state index is 0.224. The van der Waals surface area contributed by atoms with Gasteiger partial charge < -0.3 is 5.32 Å². The molecule has 0 radical (unpaired) electrons. The zero-order valence-corrected chi connectivity index (χ0v) is 13.6. The van der Waals surface area contributed by atoms with Crippen LogP contribution in [0.2, 0.25) is 5.02 Å². The fourth-order valence-electron chi connectivity index (χ4n) is 2.57. The van der Waals surface area contributed by atoms with Crippen molar-refractivity contribution in [2.45, 2.75) is 45.7 Å². The average Bonchev–Trinajstić information content (AvgIpc) is 2.40. The van der Waals surface area contributed by atoms with E-state index in [-0.39, 0.29) is 5.54 Å². The van der Waals surface area contributed by atoms with Gasteiger partial charge in [-0.3, -0.25) is 9.88 Å². The first-order chi connectivity index (χ1) is 9.44. The van der Waals surface area contributed by atoms with E-state index in [0.29, 0.717) is 0 Å². The average molecular weight is 296 g/mol. The molecule has 0 atom stereocenters. The molecule has 1 aliphatic heterocycles. The maximum absolute atomic E-state index is 6.17. The van der Waals surface area contributed by atoms with Crippen LogP contribution in [0.4, 0.5) is 0 Å². The lowest BCUT2D eigenvalue weighted by atomic mass is 9.95. The molecular formula is C16H26ClN3. The van der Waals surface area contributed by atoms with Gasteiger partial charge in [0.1, 0.15) is 0 Å². The molecule has 2 rings (SSSR count). The standard InChI is InChI=1S/C16H26ClN3/c1-16(2,3)19-10-13-5-8-20(9-6-13)12-14-4-7-18-11-15(14)17/h4,7,11,13,19H,5-6,8-10,12H2,1-3H3. The fourth-order valence-corrected chi connectivity index (χ4v) is 2.75. The highest BCUT2D eigenvalue weighted by Crippen LogP contribution is 2.21. The van der Waals surface area contributed by atoms with Crippen molar-refractivity contribution in [3.05, 3.63) is 29.0 Å². The number of halogens is 1. The summed E-state index contributed by atoms with van der Waals surface area (Å²) in [6.45, 7) is 11.1. The number of likely N-dealkylation sites (tertiary alicyclic amines) is 1. The molecule has 0 spiro atoms. The van der Waals surface area contributed by atoms with E-state index in [1.54, 1.807) is 6.20 Å². The van der Waals surface area contributed by atoms with E-state index in [2.05, 4.69) is 36.0 Å². The van der Waals surface area contributed by atoms with Crippen molar-refractivity contribution in [3.8, 4) is 0 Å². The predicted molar refractivity (Wildman–Crippen MR) is 85.0 cm³/mol. The molecule has 0 bridgehead atoms. The van der Waals surface area contributed by atoms with Crippen molar-refractivity contribution in [3.63, 3.8) is 0 Å². The van der Waals surface area contributed by atoms with Crippen LogP contribution in [0.15, 0.2) is 18.5 Å². The van der Waals surface area contributed by atoms with Crippen molar-refractivity contribution >= 4 is 11.6 Å². The molecule has 1 saturated heterocycles. The summed E-state index contributed by atoms with van der Waals surface area (Å²) in [6, 6.07) is 2.02. The first-order valence-electron chi connectivity index (χ1n) is 7.50. The number of aromatic nitrogens is 1. The Kier molecular flexibility index (Phi) is 5.42. The van der Waals surface area contributed by atoms with E-state index in [0.717, 1.165) is 37.1 Å². The SMILES string of the molecule is CC(C)(C)NCC1CCN(Cc2ccncc2Cl)CC1. The summed E-state index contributed by atoms with van der Waals surface area (Å²) in [4.78, 5) is 6.53. The molecule has 0 unspecified atom stereocenters. The quantitative estimate of drug-likeness (QED) is 0.923. The van der Waals surface area contributed by atoms with E-state index in [9.17, 15) is 0 Å². The molecule has 4 heteroatoms. The Labute approximate surface area is 127 Å². The minimum absolute atomic E-state index is 0.224. The number of piperidine rings is 1. The summed E-state index contributed by atoms with van der Waals surface area (Å²) < 4.78 is 0. The van der Waals surface area contributed by atoms with Gasteiger partial charge in [-0.05, 0) is 70.8 Å². The van der Waals surface area contributed by atoms with Crippen LogP contribution in [-0.4, -0.2) is 35.1 Å². The third kappa shape index (κ3) is 5.04. The van der Waals surface area contributed by atoms with Crippen LogP contribution in [0.3, 0.4) is 0 Å². The Balaban J connectivity index is 1.76. The van der Waals surface area contributed by atoms with Crippen molar-refractivity contribution in [1.29, 1.82) is 0 Å². The highest BCUT2D eigenvalue weighted by molar-refractivity contribution is 6.31. The van der Waals surface area contributed by atoms with E-state index >= 15 is 0 Å². The van der Waals surface area contributed by atoms with E-state index in [1.807, 2.05) is 12.3 Å². The van der Waals surface area contributed by atoms with Crippen molar-refractivity contribution in [2.24, 2.45) is 5.92 Å². The predicted octanol–water partition coefficient (Wildman–Crippen LogP) is 3.34. The van der Waals surface area contributed by atoms with E-state index in [1.165, 1.54) is 18.4 Å². The van der Waals surface area contributed by atoms with Gasteiger partial charge in [-0.25, -0.2) is 0 Å². The minimum Gasteiger partial charge on any atom is -0.312 e. The molecule has 3 nitrogen and oxygen atoms in total. The van der Waals surface area contributed by atoms with Gasteiger partial charge in [0.25, 0.3) is 0 Å². The topological polar surface area (TPSA) is 28.2 Å².